The lowest BCUT2D eigenvalue weighted by atomic mass is 10.1. The smallest absolute Gasteiger partial charge is 0.0745 e. The Morgan fingerprint density at radius 3 is 2.42 bits per heavy atom. The van der Waals surface area contributed by atoms with Crippen LogP contribution < -0.4 is 0 Å². The molecule has 0 aromatic rings. The highest BCUT2D eigenvalue weighted by molar-refractivity contribution is 4.56. The molecule has 2 unspecified atom stereocenters. The van der Waals surface area contributed by atoms with E-state index in [1.807, 2.05) is 0 Å². The number of aliphatic hydroxyl groups is 1. The van der Waals surface area contributed by atoms with Crippen molar-refractivity contribution in [1.82, 2.24) is 0 Å². The van der Waals surface area contributed by atoms with E-state index in [-0.39, 0.29) is 6.10 Å². The van der Waals surface area contributed by atoms with Crippen LogP contribution in [-0.2, 0) is 4.74 Å². The predicted octanol–water partition coefficient (Wildman–Crippen LogP) is 2.35. The van der Waals surface area contributed by atoms with Crippen LogP contribution in [0.25, 0.3) is 0 Å². The molecule has 2 atom stereocenters. The molecule has 74 valence electrons. The first-order valence-corrected chi connectivity index (χ1v) is 5.00. The summed E-state index contributed by atoms with van der Waals surface area (Å²) in [4.78, 5) is 0. The molecule has 0 aliphatic rings. The molecule has 2 nitrogen and oxygen atoms in total. The van der Waals surface area contributed by atoms with Crippen molar-refractivity contribution in [3.8, 4) is 0 Å². The molecular formula is C10H22O2. The van der Waals surface area contributed by atoms with Gasteiger partial charge in [-0.3, -0.25) is 0 Å². The minimum atomic E-state index is -0.333. The summed E-state index contributed by atoms with van der Waals surface area (Å²) in [5.74, 6) is 0. The zero-order chi connectivity index (χ0) is 9.40. The van der Waals surface area contributed by atoms with Gasteiger partial charge in [-0.1, -0.05) is 26.7 Å². The molecule has 0 spiro atoms. The van der Waals surface area contributed by atoms with Gasteiger partial charge in [0.2, 0.25) is 0 Å². The van der Waals surface area contributed by atoms with Gasteiger partial charge in [0.25, 0.3) is 0 Å². The number of unbranched alkanes of at least 4 members (excludes halogenated alkanes) is 1. The lowest BCUT2D eigenvalue weighted by Gasteiger charge is -2.16. The Balaban J connectivity index is 3.39. The fourth-order valence-corrected chi connectivity index (χ4v) is 1.11. The van der Waals surface area contributed by atoms with Gasteiger partial charge in [-0.25, -0.2) is 0 Å². The number of rotatable bonds is 7. The van der Waals surface area contributed by atoms with Crippen LogP contribution in [0.1, 0.15) is 46.5 Å². The van der Waals surface area contributed by atoms with Crippen LogP contribution in [-0.4, -0.2) is 23.9 Å². The van der Waals surface area contributed by atoms with E-state index in [0.717, 1.165) is 12.8 Å². The molecule has 0 rings (SSSR count). The molecule has 12 heavy (non-hydrogen) atoms. The summed E-state index contributed by atoms with van der Waals surface area (Å²) in [7, 11) is 0. The van der Waals surface area contributed by atoms with Gasteiger partial charge in [0.15, 0.2) is 0 Å². The van der Waals surface area contributed by atoms with Crippen molar-refractivity contribution < 1.29 is 9.84 Å². The largest absolute Gasteiger partial charge is 0.391 e. The van der Waals surface area contributed by atoms with Crippen LogP contribution in [0.15, 0.2) is 0 Å². The Labute approximate surface area is 75.9 Å². The Morgan fingerprint density at radius 2 is 2.00 bits per heavy atom. The molecule has 0 saturated carbocycles. The highest BCUT2D eigenvalue weighted by Gasteiger charge is 2.06. The van der Waals surface area contributed by atoms with E-state index in [4.69, 9.17) is 9.84 Å². The van der Waals surface area contributed by atoms with E-state index in [9.17, 15) is 0 Å². The zero-order valence-electron chi connectivity index (χ0n) is 8.55. The number of hydrogen-bond acceptors (Lipinski definition) is 2. The van der Waals surface area contributed by atoms with Crippen molar-refractivity contribution in [2.45, 2.75) is 58.7 Å². The van der Waals surface area contributed by atoms with E-state index in [1.165, 1.54) is 12.8 Å². The minimum absolute atomic E-state index is 0.333. The second-order valence-electron chi connectivity index (χ2n) is 3.35. The molecule has 2 heteroatoms. The molecule has 0 aliphatic heterocycles. The first-order valence-electron chi connectivity index (χ1n) is 5.00. The highest BCUT2D eigenvalue weighted by Crippen LogP contribution is 2.08. The fourth-order valence-electron chi connectivity index (χ4n) is 1.11. The van der Waals surface area contributed by atoms with Gasteiger partial charge in [0, 0.05) is 0 Å². The molecule has 0 aromatic heterocycles. The van der Waals surface area contributed by atoms with Crippen LogP contribution in [0, 0.1) is 0 Å². The van der Waals surface area contributed by atoms with E-state index >= 15 is 0 Å². The Morgan fingerprint density at radius 1 is 1.33 bits per heavy atom. The van der Waals surface area contributed by atoms with Crippen molar-refractivity contribution >= 4 is 0 Å². The van der Waals surface area contributed by atoms with Gasteiger partial charge in [-0.05, 0) is 19.8 Å². The average Bonchev–Trinajstić information content (AvgIpc) is 2.05. The molecule has 0 bridgehead atoms. The fraction of sp³-hybridized carbons (Fsp3) is 1.00. The third-order valence-electron chi connectivity index (χ3n) is 1.91. The summed E-state index contributed by atoms with van der Waals surface area (Å²) in [6, 6.07) is 0. The summed E-state index contributed by atoms with van der Waals surface area (Å²) in [6.45, 7) is 6.54. The molecule has 0 radical (unpaired) electrons. The SMILES string of the molecule is CCCCC(CC)OCC(C)O. The van der Waals surface area contributed by atoms with Crippen LogP contribution in [0.2, 0.25) is 0 Å². The normalized spacial score (nSPS) is 16.0. The van der Waals surface area contributed by atoms with Crippen LogP contribution >= 0.6 is 0 Å². The molecule has 0 amide bonds. The van der Waals surface area contributed by atoms with Gasteiger partial charge in [-0.2, -0.15) is 0 Å². The van der Waals surface area contributed by atoms with Crippen LogP contribution in [0.4, 0.5) is 0 Å². The first-order chi connectivity index (χ1) is 5.70. The molecule has 0 saturated heterocycles. The van der Waals surface area contributed by atoms with E-state index in [2.05, 4.69) is 13.8 Å². The standard InChI is InChI=1S/C10H22O2/c1-4-6-7-10(5-2)12-8-9(3)11/h9-11H,4-8H2,1-3H3. The van der Waals surface area contributed by atoms with Gasteiger partial charge in [0.1, 0.15) is 0 Å². The summed E-state index contributed by atoms with van der Waals surface area (Å²) >= 11 is 0. The lowest BCUT2D eigenvalue weighted by Crippen LogP contribution is -2.18. The molecule has 1 N–H and O–H groups in total. The van der Waals surface area contributed by atoms with Crippen molar-refractivity contribution in [2.75, 3.05) is 6.61 Å². The molecule has 0 aromatic carbocycles. The van der Waals surface area contributed by atoms with Crippen LogP contribution in [0.5, 0.6) is 0 Å². The Hall–Kier alpha value is -0.0800. The predicted molar refractivity (Wildman–Crippen MR) is 51.2 cm³/mol. The highest BCUT2D eigenvalue weighted by atomic mass is 16.5. The van der Waals surface area contributed by atoms with Gasteiger partial charge in [-0.15, -0.1) is 0 Å². The minimum Gasteiger partial charge on any atom is -0.391 e. The third kappa shape index (κ3) is 6.62. The molecular weight excluding hydrogens is 152 g/mol. The summed E-state index contributed by atoms with van der Waals surface area (Å²) in [6.07, 6.45) is 4.62. The summed E-state index contributed by atoms with van der Waals surface area (Å²) < 4.78 is 5.50. The van der Waals surface area contributed by atoms with Crippen molar-refractivity contribution in [1.29, 1.82) is 0 Å². The quantitative estimate of drug-likeness (QED) is 0.642. The maximum Gasteiger partial charge on any atom is 0.0745 e. The number of hydrogen-bond donors (Lipinski definition) is 1. The van der Waals surface area contributed by atoms with E-state index in [1.54, 1.807) is 6.92 Å². The first kappa shape index (κ1) is 11.9. The molecule has 0 fully saturated rings. The monoisotopic (exact) mass is 174 g/mol. The van der Waals surface area contributed by atoms with Crippen molar-refractivity contribution in [3.63, 3.8) is 0 Å². The summed E-state index contributed by atoms with van der Waals surface area (Å²) in [5.41, 5.74) is 0. The lowest BCUT2D eigenvalue weighted by molar-refractivity contribution is -0.00847. The maximum absolute atomic E-state index is 9.00. The Kier molecular flexibility index (Phi) is 7.51. The second kappa shape index (κ2) is 7.56. The Bertz CT molecular complexity index is 91.8. The van der Waals surface area contributed by atoms with Gasteiger partial charge in [0.05, 0.1) is 18.8 Å². The number of aliphatic hydroxyl groups excluding tert-OH is 1. The second-order valence-corrected chi connectivity index (χ2v) is 3.35. The van der Waals surface area contributed by atoms with Crippen molar-refractivity contribution in [2.24, 2.45) is 0 Å². The van der Waals surface area contributed by atoms with Gasteiger partial charge < -0.3 is 9.84 Å². The van der Waals surface area contributed by atoms with E-state index in [0.29, 0.717) is 12.7 Å². The topological polar surface area (TPSA) is 29.5 Å². The van der Waals surface area contributed by atoms with Crippen LogP contribution in [0.3, 0.4) is 0 Å². The average molecular weight is 174 g/mol. The third-order valence-corrected chi connectivity index (χ3v) is 1.91. The van der Waals surface area contributed by atoms with Gasteiger partial charge >= 0.3 is 0 Å². The zero-order valence-corrected chi connectivity index (χ0v) is 8.55. The van der Waals surface area contributed by atoms with Crippen molar-refractivity contribution in [3.05, 3.63) is 0 Å². The molecule has 0 heterocycles. The van der Waals surface area contributed by atoms with E-state index < -0.39 is 0 Å². The maximum atomic E-state index is 9.00. The molecule has 0 aliphatic carbocycles. The number of ether oxygens (including phenoxy) is 1. The summed E-state index contributed by atoms with van der Waals surface area (Å²) in [5, 5.41) is 9.00.